The van der Waals surface area contributed by atoms with E-state index in [0.29, 0.717) is 18.1 Å². The maximum absolute atomic E-state index is 6.16. The van der Waals surface area contributed by atoms with Gasteiger partial charge in [-0.05, 0) is 36.6 Å². The molecule has 0 spiro atoms. The summed E-state index contributed by atoms with van der Waals surface area (Å²) in [6, 6.07) is 8.73. The summed E-state index contributed by atoms with van der Waals surface area (Å²) in [5.74, 6) is 0.562. The van der Waals surface area contributed by atoms with E-state index >= 15 is 0 Å². The zero-order valence-corrected chi connectivity index (χ0v) is 13.8. The number of nitrogens with one attached hydrogen (secondary N) is 1. The first-order valence-corrected chi connectivity index (χ1v) is 8.78. The molecule has 2 aromatic rings. The predicted octanol–water partition coefficient (Wildman–Crippen LogP) is 2.57. The van der Waals surface area contributed by atoms with Gasteiger partial charge in [0, 0.05) is 56.4 Å². The Morgan fingerprint density at radius 3 is 2.79 bits per heavy atom. The van der Waals surface area contributed by atoms with Crippen molar-refractivity contribution >= 4 is 5.69 Å². The van der Waals surface area contributed by atoms with Gasteiger partial charge in [0.05, 0.1) is 18.4 Å². The minimum atomic E-state index is 0.333. The zero-order valence-electron chi connectivity index (χ0n) is 13.8. The Kier molecular flexibility index (Phi) is 4.71. The highest BCUT2D eigenvalue weighted by Gasteiger charge is 2.42. The lowest BCUT2D eigenvalue weighted by Gasteiger charge is -2.39. The number of morpholine rings is 1. The summed E-state index contributed by atoms with van der Waals surface area (Å²) >= 11 is 0. The molecule has 5 nitrogen and oxygen atoms in total. The van der Waals surface area contributed by atoms with E-state index in [2.05, 4.69) is 32.3 Å². The second-order valence-corrected chi connectivity index (χ2v) is 6.69. The molecule has 0 unspecified atom stereocenters. The van der Waals surface area contributed by atoms with Gasteiger partial charge in [-0.2, -0.15) is 0 Å². The number of anilines is 1. The first kappa shape index (κ1) is 15.5. The average molecular weight is 324 g/mol. The average Bonchev–Trinajstić information content (AvgIpc) is 3.06. The van der Waals surface area contributed by atoms with Crippen molar-refractivity contribution < 1.29 is 4.74 Å². The number of fused-ring (bicyclic) bond motifs is 1. The number of aromatic nitrogens is 2. The van der Waals surface area contributed by atoms with E-state index in [4.69, 9.17) is 4.74 Å². The molecule has 5 heteroatoms. The van der Waals surface area contributed by atoms with Gasteiger partial charge >= 0.3 is 0 Å². The van der Waals surface area contributed by atoms with E-state index in [0.717, 1.165) is 31.9 Å². The molecule has 1 saturated heterocycles. The fourth-order valence-corrected chi connectivity index (χ4v) is 3.99. The maximum Gasteiger partial charge on any atom is 0.0775 e. The molecule has 0 bridgehead atoms. The summed E-state index contributed by atoms with van der Waals surface area (Å²) in [4.78, 5) is 11.0. The molecule has 0 aromatic carbocycles. The van der Waals surface area contributed by atoms with Crippen molar-refractivity contribution in [3.8, 4) is 0 Å². The van der Waals surface area contributed by atoms with Gasteiger partial charge in [-0.1, -0.05) is 6.07 Å². The van der Waals surface area contributed by atoms with Gasteiger partial charge in [0.15, 0.2) is 0 Å². The highest BCUT2D eigenvalue weighted by Crippen LogP contribution is 2.35. The SMILES string of the molecule is c1cncc(CN2CCO[C@@H]3[C@H](CNc4cccnc4)CC[C@@H]32)c1. The van der Waals surface area contributed by atoms with E-state index in [9.17, 15) is 0 Å². The molecule has 0 radical (unpaired) electrons. The standard InChI is InChI=1S/C19H24N4O/c1-3-15(11-20-7-1)14-23-9-10-24-19-16(5-6-18(19)23)12-22-17-4-2-8-21-13-17/h1-4,7-8,11,13,16,18-19,22H,5-6,9-10,12,14H2/t16-,18-,19+/m0/s1. The lowest BCUT2D eigenvalue weighted by atomic mass is 10.0. The normalized spacial score (nSPS) is 26.9. The minimum Gasteiger partial charge on any atom is -0.383 e. The van der Waals surface area contributed by atoms with Crippen LogP contribution in [0.5, 0.6) is 0 Å². The number of nitrogens with zero attached hydrogens (tertiary/aromatic N) is 3. The largest absolute Gasteiger partial charge is 0.383 e. The van der Waals surface area contributed by atoms with E-state index in [-0.39, 0.29) is 0 Å². The summed E-state index contributed by atoms with van der Waals surface area (Å²) in [6.45, 7) is 3.76. The third-order valence-electron chi connectivity index (χ3n) is 5.17. The van der Waals surface area contributed by atoms with Gasteiger partial charge in [-0.25, -0.2) is 0 Å². The van der Waals surface area contributed by atoms with Crippen LogP contribution in [0.1, 0.15) is 18.4 Å². The van der Waals surface area contributed by atoms with Gasteiger partial charge in [0.1, 0.15) is 0 Å². The first-order chi connectivity index (χ1) is 11.9. The van der Waals surface area contributed by atoms with E-state index in [1.54, 1.807) is 6.20 Å². The molecule has 3 atom stereocenters. The second kappa shape index (κ2) is 7.28. The van der Waals surface area contributed by atoms with Crippen LogP contribution in [0.2, 0.25) is 0 Å². The molecule has 2 aromatic heterocycles. The fraction of sp³-hybridized carbons (Fsp3) is 0.474. The third kappa shape index (κ3) is 3.42. The Labute approximate surface area is 143 Å². The molecule has 4 rings (SSSR count). The van der Waals surface area contributed by atoms with Crippen molar-refractivity contribution in [2.24, 2.45) is 5.92 Å². The predicted molar refractivity (Wildman–Crippen MR) is 93.6 cm³/mol. The number of pyridine rings is 2. The molecular weight excluding hydrogens is 300 g/mol. The number of hydrogen-bond donors (Lipinski definition) is 1. The van der Waals surface area contributed by atoms with Crippen LogP contribution in [0.3, 0.4) is 0 Å². The summed E-state index contributed by atoms with van der Waals surface area (Å²) in [7, 11) is 0. The molecular formula is C19H24N4O. The summed E-state index contributed by atoms with van der Waals surface area (Å²) in [5.41, 5.74) is 2.37. The van der Waals surface area contributed by atoms with Crippen LogP contribution in [0.4, 0.5) is 5.69 Å². The molecule has 0 amide bonds. The summed E-state index contributed by atoms with van der Waals surface area (Å²) < 4.78 is 6.16. The molecule has 1 saturated carbocycles. The topological polar surface area (TPSA) is 50.3 Å². The summed E-state index contributed by atoms with van der Waals surface area (Å²) in [5, 5.41) is 3.51. The monoisotopic (exact) mass is 324 g/mol. The Hall–Kier alpha value is -1.98. The lowest BCUT2D eigenvalue weighted by Crippen LogP contribution is -2.50. The third-order valence-corrected chi connectivity index (χ3v) is 5.17. The number of ether oxygens (including phenoxy) is 1. The molecule has 3 heterocycles. The Morgan fingerprint density at radius 1 is 1.12 bits per heavy atom. The van der Waals surface area contributed by atoms with E-state index in [1.807, 2.05) is 30.7 Å². The molecule has 2 fully saturated rings. The second-order valence-electron chi connectivity index (χ2n) is 6.69. The Balaban J connectivity index is 1.37. The van der Waals surface area contributed by atoms with Crippen LogP contribution in [0, 0.1) is 5.92 Å². The number of rotatable bonds is 5. The van der Waals surface area contributed by atoms with Crippen LogP contribution in [-0.2, 0) is 11.3 Å². The van der Waals surface area contributed by atoms with Crippen molar-refractivity contribution in [1.29, 1.82) is 0 Å². The van der Waals surface area contributed by atoms with Crippen molar-refractivity contribution in [2.75, 3.05) is 25.0 Å². The molecule has 1 aliphatic heterocycles. The van der Waals surface area contributed by atoms with Crippen LogP contribution in [0.15, 0.2) is 49.1 Å². The van der Waals surface area contributed by atoms with Gasteiger partial charge in [0.2, 0.25) is 0 Å². The highest BCUT2D eigenvalue weighted by atomic mass is 16.5. The Bertz CT molecular complexity index is 636. The zero-order chi connectivity index (χ0) is 16.2. The van der Waals surface area contributed by atoms with Gasteiger partial charge < -0.3 is 10.1 Å². The highest BCUT2D eigenvalue weighted by molar-refractivity contribution is 5.39. The molecule has 2 aliphatic rings. The van der Waals surface area contributed by atoms with Crippen LogP contribution in [-0.4, -0.2) is 46.7 Å². The smallest absolute Gasteiger partial charge is 0.0775 e. The van der Waals surface area contributed by atoms with E-state index in [1.165, 1.54) is 18.4 Å². The summed E-state index contributed by atoms with van der Waals surface area (Å²) in [6.07, 6.45) is 10.2. The molecule has 126 valence electrons. The van der Waals surface area contributed by atoms with Crippen molar-refractivity contribution in [1.82, 2.24) is 14.9 Å². The fourth-order valence-electron chi connectivity index (χ4n) is 3.99. The number of hydrogen-bond acceptors (Lipinski definition) is 5. The molecule has 24 heavy (non-hydrogen) atoms. The minimum absolute atomic E-state index is 0.333. The van der Waals surface area contributed by atoms with Crippen molar-refractivity contribution in [3.05, 3.63) is 54.6 Å². The Morgan fingerprint density at radius 2 is 2.00 bits per heavy atom. The molecule has 1 N–H and O–H groups in total. The van der Waals surface area contributed by atoms with Crippen LogP contribution < -0.4 is 5.32 Å². The molecule has 1 aliphatic carbocycles. The van der Waals surface area contributed by atoms with E-state index < -0.39 is 0 Å². The first-order valence-electron chi connectivity index (χ1n) is 8.78. The van der Waals surface area contributed by atoms with Crippen molar-refractivity contribution in [3.63, 3.8) is 0 Å². The lowest BCUT2D eigenvalue weighted by molar-refractivity contribution is -0.0745. The quantitative estimate of drug-likeness (QED) is 0.916. The van der Waals surface area contributed by atoms with Crippen molar-refractivity contribution in [2.45, 2.75) is 31.5 Å². The van der Waals surface area contributed by atoms with Crippen LogP contribution >= 0.6 is 0 Å². The van der Waals surface area contributed by atoms with Gasteiger partial charge in [-0.3, -0.25) is 14.9 Å². The maximum atomic E-state index is 6.16. The van der Waals surface area contributed by atoms with Crippen LogP contribution in [0.25, 0.3) is 0 Å². The van der Waals surface area contributed by atoms with Gasteiger partial charge in [0.25, 0.3) is 0 Å². The van der Waals surface area contributed by atoms with Gasteiger partial charge in [-0.15, -0.1) is 0 Å².